The Morgan fingerprint density at radius 2 is 2.10 bits per heavy atom. The van der Waals surface area contributed by atoms with E-state index < -0.39 is 0 Å². The molecule has 2 aromatic rings. The van der Waals surface area contributed by atoms with Crippen LogP contribution in [-0.2, 0) is 13.1 Å². The summed E-state index contributed by atoms with van der Waals surface area (Å²) in [6.07, 6.45) is 9.22. The SMILES string of the molecule is Cl.Fc1ccc(CNCc2cnn(C3CCCC3)c2)s1. The van der Waals surface area contributed by atoms with Gasteiger partial charge in [-0.1, -0.05) is 12.8 Å². The van der Waals surface area contributed by atoms with E-state index in [2.05, 4.69) is 21.3 Å². The maximum atomic E-state index is 12.8. The molecule has 1 saturated carbocycles. The Morgan fingerprint density at radius 1 is 1.30 bits per heavy atom. The second-order valence-corrected chi connectivity index (χ2v) is 6.19. The lowest BCUT2D eigenvalue weighted by molar-refractivity contribution is 0.466. The normalized spacial score (nSPS) is 15.4. The summed E-state index contributed by atoms with van der Waals surface area (Å²) in [5, 5.41) is 7.65. The van der Waals surface area contributed by atoms with Crippen molar-refractivity contribution in [3.63, 3.8) is 0 Å². The van der Waals surface area contributed by atoms with Crippen LogP contribution in [0, 0.1) is 5.13 Å². The number of thiophene rings is 1. The third-order valence-corrected chi connectivity index (χ3v) is 4.48. The highest BCUT2D eigenvalue weighted by Gasteiger charge is 2.17. The molecule has 2 aromatic heterocycles. The minimum absolute atomic E-state index is 0. The minimum atomic E-state index is -0.120. The van der Waals surface area contributed by atoms with E-state index in [0.29, 0.717) is 12.6 Å². The van der Waals surface area contributed by atoms with Crippen LogP contribution in [0.1, 0.15) is 42.2 Å². The number of halogens is 2. The maximum Gasteiger partial charge on any atom is 0.176 e. The minimum Gasteiger partial charge on any atom is -0.308 e. The van der Waals surface area contributed by atoms with E-state index in [9.17, 15) is 4.39 Å². The van der Waals surface area contributed by atoms with E-state index in [4.69, 9.17) is 0 Å². The lowest BCUT2D eigenvalue weighted by Gasteiger charge is -2.08. The summed E-state index contributed by atoms with van der Waals surface area (Å²) in [5.74, 6) is 0. The van der Waals surface area contributed by atoms with Gasteiger partial charge in [0.05, 0.1) is 12.2 Å². The van der Waals surface area contributed by atoms with Gasteiger partial charge < -0.3 is 5.32 Å². The average molecular weight is 316 g/mol. The lowest BCUT2D eigenvalue weighted by Crippen LogP contribution is -2.11. The Hall–Kier alpha value is -0.910. The molecule has 110 valence electrons. The van der Waals surface area contributed by atoms with Crippen LogP contribution in [0.4, 0.5) is 4.39 Å². The molecule has 0 aliphatic heterocycles. The molecule has 0 radical (unpaired) electrons. The molecule has 2 heterocycles. The molecule has 3 rings (SSSR count). The standard InChI is InChI=1S/C14H18FN3S.ClH/c15-14-6-5-13(19-14)9-16-7-11-8-17-18(10-11)12-3-1-2-4-12;/h5-6,8,10,12,16H,1-4,7,9H2;1H. The van der Waals surface area contributed by atoms with Gasteiger partial charge in [-0.05, 0) is 25.0 Å². The van der Waals surface area contributed by atoms with Gasteiger partial charge in [0.25, 0.3) is 0 Å². The fourth-order valence-corrected chi connectivity index (χ4v) is 3.31. The quantitative estimate of drug-likeness (QED) is 0.906. The molecule has 1 N–H and O–H groups in total. The first-order valence-electron chi connectivity index (χ1n) is 6.79. The van der Waals surface area contributed by atoms with E-state index in [0.717, 1.165) is 11.4 Å². The van der Waals surface area contributed by atoms with Gasteiger partial charge in [-0.15, -0.1) is 23.7 Å². The molecule has 6 heteroatoms. The molecule has 0 atom stereocenters. The Bertz CT molecular complexity index is 534. The largest absolute Gasteiger partial charge is 0.308 e. The predicted octanol–water partition coefficient (Wildman–Crippen LogP) is 3.91. The number of rotatable bonds is 5. The molecule has 0 saturated heterocycles. The number of hydrogen-bond acceptors (Lipinski definition) is 3. The molecule has 1 aliphatic carbocycles. The Morgan fingerprint density at radius 3 is 2.80 bits per heavy atom. The van der Waals surface area contributed by atoms with Gasteiger partial charge in [0.1, 0.15) is 0 Å². The zero-order valence-corrected chi connectivity index (χ0v) is 12.9. The van der Waals surface area contributed by atoms with Gasteiger partial charge in [0.15, 0.2) is 5.13 Å². The molecule has 0 bridgehead atoms. The van der Waals surface area contributed by atoms with E-state index in [-0.39, 0.29) is 17.5 Å². The van der Waals surface area contributed by atoms with Crippen LogP contribution < -0.4 is 5.32 Å². The van der Waals surface area contributed by atoms with Crippen molar-refractivity contribution >= 4 is 23.7 Å². The fraction of sp³-hybridized carbons (Fsp3) is 0.500. The summed E-state index contributed by atoms with van der Waals surface area (Å²) in [7, 11) is 0. The fourth-order valence-electron chi connectivity index (χ4n) is 2.61. The first-order valence-corrected chi connectivity index (χ1v) is 7.61. The number of nitrogens with zero attached hydrogens (tertiary/aromatic N) is 2. The van der Waals surface area contributed by atoms with Gasteiger partial charge >= 0.3 is 0 Å². The monoisotopic (exact) mass is 315 g/mol. The number of aromatic nitrogens is 2. The highest BCUT2D eigenvalue weighted by Crippen LogP contribution is 2.28. The molecule has 1 aliphatic rings. The number of nitrogens with one attached hydrogen (secondary N) is 1. The van der Waals surface area contributed by atoms with Crippen molar-refractivity contribution in [3.8, 4) is 0 Å². The highest BCUT2D eigenvalue weighted by atomic mass is 35.5. The van der Waals surface area contributed by atoms with Gasteiger partial charge in [0.2, 0.25) is 0 Å². The van der Waals surface area contributed by atoms with Crippen molar-refractivity contribution in [1.29, 1.82) is 0 Å². The van der Waals surface area contributed by atoms with Crippen LogP contribution in [0.25, 0.3) is 0 Å². The van der Waals surface area contributed by atoms with Gasteiger partial charge in [0, 0.05) is 29.7 Å². The smallest absolute Gasteiger partial charge is 0.176 e. The molecular weight excluding hydrogens is 297 g/mol. The summed E-state index contributed by atoms with van der Waals surface area (Å²) < 4.78 is 14.9. The van der Waals surface area contributed by atoms with Crippen LogP contribution in [0.2, 0.25) is 0 Å². The molecule has 0 amide bonds. The third kappa shape index (κ3) is 3.81. The zero-order chi connectivity index (χ0) is 13.1. The predicted molar refractivity (Wildman–Crippen MR) is 81.8 cm³/mol. The second-order valence-electron chi connectivity index (χ2n) is 5.08. The van der Waals surface area contributed by atoms with Gasteiger partial charge in [-0.3, -0.25) is 4.68 Å². The average Bonchev–Trinajstić information content (AvgIpc) is 3.09. The molecule has 0 aromatic carbocycles. The summed E-state index contributed by atoms with van der Waals surface area (Å²) >= 11 is 1.20. The highest BCUT2D eigenvalue weighted by molar-refractivity contribution is 7.10. The van der Waals surface area contributed by atoms with Crippen LogP contribution in [0.3, 0.4) is 0 Å². The third-order valence-electron chi connectivity index (χ3n) is 3.61. The lowest BCUT2D eigenvalue weighted by atomic mass is 10.2. The van der Waals surface area contributed by atoms with E-state index >= 15 is 0 Å². The van der Waals surface area contributed by atoms with Crippen molar-refractivity contribution in [2.45, 2.75) is 44.8 Å². The van der Waals surface area contributed by atoms with Crippen molar-refractivity contribution in [2.75, 3.05) is 0 Å². The Labute approximate surface area is 128 Å². The molecule has 0 spiro atoms. The molecule has 0 unspecified atom stereocenters. The number of hydrogen-bond donors (Lipinski definition) is 1. The van der Waals surface area contributed by atoms with Gasteiger partial charge in [-0.25, -0.2) is 0 Å². The van der Waals surface area contributed by atoms with Crippen molar-refractivity contribution in [3.05, 3.63) is 40.1 Å². The van der Waals surface area contributed by atoms with Crippen LogP contribution in [0.5, 0.6) is 0 Å². The van der Waals surface area contributed by atoms with E-state index in [1.807, 2.05) is 12.3 Å². The summed E-state index contributed by atoms with van der Waals surface area (Å²) in [6, 6.07) is 3.94. The van der Waals surface area contributed by atoms with Crippen LogP contribution in [-0.4, -0.2) is 9.78 Å². The van der Waals surface area contributed by atoms with E-state index in [1.54, 1.807) is 0 Å². The zero-order valence-electron chi connectivity index (χ0n) is 11.2. The van der Waals surface area contributed by atoms with Crippen molar-refractivity contribution in [1.82, 2.24) is 15.1 Å². The summed E-state index contributed by atoms with van der Waals surface area (Å²) in [4.78, 5) is 1.03. The first kappa shape index (κ1) is 15.5. The van der Waals surface area contributed by atoms with Crippen molar-refractivity contribution < 1.29 is 4.39 Å². The van der Waals surface area contributed by atoms with Gasteiger partial charge in [-0.2, -0.15) is 9.49 Å². The Balaban J connectivity index is 0.00000147. The summed E-state index contributed by atoms with van der Waals surface area (Å²) in [6.45, 7) is 1.50. The van der Waals surface area contributed by atoms with E-state index in [1.165, 1.54) is 48.6 Å². The molecule has 20 heavy (non-hydrogen) atoms. The Kier molecular flexibility index (Phi) is 5.57. The maximum absolute atomic E-state index is 12.8. The topological polar surface area (TPSA) is 29.9 Å². The summed E-state index contributed by atoms with van der Waals surface area (Å²) in [5.41, 5.74) is 1.20. The van der Waals surface area contributed by atoms with Crippen molar-refractivity contribution in [2.24, 2.45) is 0 Å². The molecular formula is C14H19ClFN3S. The molecule has 1 fully saturated rings. The second kappa shape index (κ2) is 7.20. The molecule has 3 nitrogen and oxygen atoms in total. The van der Waals surface area contributed by atoms with Crippen LogP contribution >= 0.6 is 23.7 Å². The van der Waals surface area contributed by atoms with Crippen LogP contribution in [0.15, 0.2) is 24.5 Å². The first-order chi connectivity index (χ1) is 9.31.